The SMILES string of the molecule is C=C(C)c1ccccc1.OO. The maximum atomic E-state index is 6.00. The zero-order chi connectivity index (χ0) is 8.69. The van der Waals surface area contributed by atoms with E-state index in [0.29, 0.717) is 0 Å². The Balaban J connectivity index is 0.000000461. The average Bonchev–Trinajstić information content (AvgIpc) is 2.10. The maximum Gasteiger partial charge on any atom is -0.0233 e. The standard InChI is InChI=1S/C9H10.H2O2/c1-8(2)9-6-4-3-5-7-9;1-2/h3-7H,1H2,2H3;1-2H. The summed E-state index contributed by atoms with van der Waals surface area (Å²) in [5.74, 6) is 0. The van der Waals surface area contributed by atoms with Crippen molar-refractivity contribution >= 4 is 5.57 Å². The second-order valence-corrected chi connectivity index (χ2v) is 2.15. The van der Waals surface area contributed by atoms with Gasteiger partial charge in [0, 0.05) is 0 Å². The third-order valence-electron chi connectivity index (χ3n) is 1.27. The van der Waals surface area contributed by atoms with Gasteiger partial charge in [-0.25, -0.2) is 0 Å². The molecule has 0 amide bonds. The summed E-state index contributed by atoms with van der Waals surface area (Å²) in [7, 11) is 0. The number of rotatable bonds is 1. The summed E-state index contributed by atoms with van der Waals surface area (Å²) in [5.41, 5.74) is 2.34. The van der Waals surface area contributed by atoms with Crippen molar-refractivity contribution in [2.75, 3.05) is 0 Å². The van der Waals surface area contributed by atoms with E-state index in [9.17, 15) is 0 Å². The minimum atomic E-state index is 1.12. The molecule has 0 heterocycles. The first-order chi connectivity index (χ1) is 5.30. The topological polar surface area (TPSA) is 40.5 Å². The van der Waals surface area contributed by atoms with Crippen LogP contribution in [0.2, 0.25) is 0 Å². The quantitative estimate of drug-likeness (QED) is 0.479. The van der Waals surface area contributed by atoms with Crippen molar-refractivity contribution in [3.8, 4) is 0 Å². The molecule has 0 aliphatic rings. The normalized spacial score (nSPS) is 7.91. The highest BCUT2D eigenvalue weighted by Crippen LogP contribution is 2.08. The number of allylic oxidation sites excluding steroid dienone is 1. The van der Waals surface area contributed by atoms with Crippen LogP contribution in [0.4, 0.5) is 0 Å². The molecule has 1 rings (SSSR count). The molecule has 60 valence electrons. The third kappa shape index (κ3) is 3.55. The monoisotopic (exact) mass is 152 g/mol. The van der Waals surface area contributed by atoms with Gasteiger partial charge < -0.3 is 0 Å². The minimum Gasteiger partial charge on any atom is -0.255 e. The van der Waals surface area contributed by atoms with Gasteiger partial charge >= 0.3 is 0 Å². The Morgan fingerprint density at radius 3 is 1.91 bits per heavy atom. The Kier molecular flexibility index (Phi) is 5.07. The van der Waals surface area contributed by atoms with Crippen LogP contribution in [0.15, 0.2) is 36.9 Å². The molecule has 0 fully saturated rings. The lowest BCUT2D eigenvalue weighted by atomic mass is 10.1. The van der Waals surface area contributed by atoms with E-state index >= 15 is 0 Å². The van der Waals surface area contributed by atoms with Crippen LogP contribution in [-0.2, 0) is 0 Å². The smallest absolute Gasteiger partial charge is 0.0233 e. The minimum absolute atomic E-state index is 1.12. The second kappa shape index (κ2) is 5.65. The summed E-state index contributed by atoms with van der Waals surface area (Å²) in [6, 6.07) is 10.2. The molecular formula is C9H12O2. The molecule has 0 atom stereocenters. The highest BCUT2D eigenvalue weighted by Gasteiger charge is 1.86. The van der Waals surface area contributed by atoms with E-state index in [2.05, 4.69) is 18.7 Å². The van der Waals surface area contributed by atoms with Gasteiger partial charge in [0.25, 0.3) is 0 Å². The van der Waals surface area contributed by atoms with Crippen molar-refractivity contribution < 1.29 is 10.5 Å². The van der Waals surface area contributed by atoms with E-state index in [1.54, 1.807) is 0 Å². The van der Waals surface area contributed by atoms with E-state index in [-0.39, 0.29) is 0 Å². The molecule has 11 heavy (non-hydrogen) atoms. The zero-order valence-electron chi connectivity index (χ0n) is 6.49. The van der Waals surface area contributed by atoms with Crippen LogP contribution in [0.1, 0.15) is 12.5 Å². The molecule has 0 bridgehead atoms. The summed E-state index contributed by atoms with van der Waals surface area (Å²) in [4.78, 5) is 0. The fourth-order valence-electron chi connectivity index (χ4n) is 0.723. The summed E-state index contributed by atoms with van der Waals surface area (Å²) in [6.45, 7) is 5.83. The Bertz CT molecular complexity index is 204. The number of hydrogen-bond acceptors (Lipinski definition) is 2. The van der Waals surface area contributed by atoms with Crippen molar-refractivity contribution in [1.82, 2.24) is 0 Å². The van der Waals surface area contributed by atoms with E-state index < -0.39 is 0 Å². The first kappa shape index (κ1) is 9.88. The molecule has 0 saturated heterocycles. The lowest BCUT2D eigenvalue weighted by Gasteiger charge is -1.94. The van der Waals surface area contributed by atoms with Crippen LogP contribution in [0, 0.1) is 0 Å². The van der Waals surface area contributed by atoms with Crippen LogP contribution in [0.3, 0.4) is 0 Å². The Hall–Kier alpha value is -1.12. The van der Waals surface area contributed by atoms with Gasteiger partial charge in [-0.05, 0) is 12.5 Å². The molecule has 2 N–H and O–H groups in total. The summed E-state index contributed by atoms with van der Waals surface area (Å²) in [6.07, 6.45) is 0. The van der Waals surface area contributed by atoms with Crippen molar-refractivity contribution in [3.05, 3.63) is 42.5 Å². The summed E-state index contributed by atoms with van der Waals surface area (Å²) >= 11 is 0. The maximum absolute atomic E-state index is 6.00. The molecule has 1 aromatic carbocycles. The molecular weight excluding hydrogens is 140 g/mol. The largest absolute Gasteiger partial charge is 0.255 e. The molecule has 0 aliphatic carbocycles. The highest BCUT2D eigenvalue weighted by molar-refractivity contribution is 5.60. The van der Waals surface area contributed by atoms with Gasteiger partial charge in [0.15, 0.2) is 0 Å². The molecule has 0 unspecified atom stereocenters. The van der Waals surface area contributed by atoms with Crippen LogP contribution < -0.4 is 0 Å². The number of benzene rings is 1. The van der Waals surface area contributed by atoms with Gasteiger partial charge in [-0.1, -0.05) is 42.5 Å². The molecule has 1 aromatic rings. The van der Waals surface area contributed by atoms with Gasteiger partial charge in [-0.2, -0.15) is 0 Å². The fraction of sp³-hybridized carbons (Fsp3) is 0.111. The van der Waals surface area contributed by atoms with Crippen LogP contribution >= 0.6 is 0 Å². The van der Waals surface area contributed by atoms with Gasteiger partial charge in [0.05, 0.1) is 0 Å². The van der Waals surface area contributed by atoms with E-state index in [4.69, 9.17) is 10.5 Å². The van der Waals surface area contributed by atoms with Crippen molar-refractivity contribution in [2.45, 2.75) is 6.92 Å². The van der Waals surface area contributed by atoms with Crippen molar-refractivity contribution in [1.29, 1.82) is 0 Å². The molecule has 0 spiro atoms. The lowest BCUT2D eigenvalue weighted by Crippen LogP contribution is -1.72. The average molecular weight is 152 g/mol. The van der Waals surface area contributed by atoms with Gasteiger partial charge in [-0.15, -0.1) is 0 Å². The first-order valence-electron chi connectivity index (χ1n) is 3.21. The Labute approximate surface area is 66.4 Å². The van der Waals surface area contributed by atoms with Crippen LogP contribution in [0.25, 0.3) is 5.57 Å². The molecule has 0 aromatic heterocycles. The van der Waals surface area contributed by atoms with Crippen molar-refractivity contribution in [3.63, 3.8) is 0 Å². The van der Waals surface area contributed by atoms with E-state index in [0.717, 1.165) is 5.57 Å². The highest BCUT2D eigenvalue weighted by atomic mass is 17.0. The predicted molar refractivity (Wildman–Crippen MR) is 46.4 cm³/mol. The Morgan fingerprint density at radius 1 is 1.18 bits per heavy atom. The molecule has 2 heteroatoms. The third-order valence-corrected chi connectivity index (χ3v) is 1.27. The predicted octanol–water partition coefficient (Wildman–Crippen LogP) is 2.74. The molecule has 0 aliphatic heterocycles. The summed E-state index contributed by atoms with van der Waals surface area (Å²) < 4.78 is 0. The second-order valence-electron chi connectivity index (χ2n) is 2.15. The van der Waals surface area contributed by atoms with Crippen LogP contribution in [-0.4, -0.2) is 10.5 Å². The lowest BCUT2D eigenvalue weighted by molar-refractivity contribution is -0.176. The van der Waals surface area contributed by atoms with E-state index in [1.165, 1.54) is 5.56 Å². The fourth-order valence-corrected chi connectivity index (χ4v) is 0.723. The number of hydrogen-bond donors (Lipinski definition) is 2. The van der Waals surface area contributed by atoms with Gasteiger partial charge in [0.2, 0.25) is 0 Å². The van der Waals surface area contributed by atoms with Gasteiger partial charge in [0.1, 0.15) is 0 Å². The van der Waals surface area contributed by atoms with E-state index in [1.807, 2.05) is 25.1 Å². The van der Waals surface area contributed by atoms with Gasteiger partial charge in [-0.3, -0.25) is 10.5 Å². The van der Waals surface area contributed by atoms with Crippen LogP contribution in [0.5, 0.6) is 0 Å². The molecule has 2 nitrogen and oxygen atoms in total. The molecule has 0 saturated carbocycles. The van der Waals surface area contributed by atoms with Crippen molar-refractivity contribution in [2.24, 2.45) is 0 Å². The Morgan fingerprint density at radius 2 is 1.64 bits per heavy atom. The zero-order valence-corrected chi connectivity index (χ0v) is 6.49. The first-order valence-corrected chi connectivity index (χ1v) is 3.21. The summed E-state index contributed by atoms with van der Waals surface area (Å²) in [5, 5.41) is 12.0. The molecule has 0 radical (unpaired) electrons.